The van der Waals surface area contributed by atoms with Crippen molar-refractivity contribution in [2.45, 2.75) is 26.0 Å². The monoisotopic (exact) mass is 495 g/mol. The van der Waals surface area contributed by atoms with Gasteiger partial charge in [0, 0.05) is 11.3 Å². The minimum absolute atomic E-state index is 0.00629. The summed E-state index contributed by atoms with van der Waals surface area (Å²) >= 11 is 0. The van der Waals surface area contributed by atoms with Crippen molar-refractivity contribution in [2.75, 3.05) is 4.90 Å². The second-order valence-electron chi connectivity index (χ2n) is 8.78. The van der Waals surface area contributed by atoms with Crippen LogP contribution in [-0.4, -0.2) is 22.9 Å². The highest BCUT2D eigenvalue weighted by Gasteiger charge is 2.48. The van der Waals surface area contributed by atoms with Gasteiger partial charge in [0.25, 0.3) is 11.7 Å². The summed E-state index contributed by atoms with van der Waals surface area (Å²) < 4.78 is 17.1. The average molecular weight is 496 g/mol. The Morgan fingerprint density at radius 1 is 0.838 bits per heavy atom. The molecule has 7 nitrogen and oxygen atoms in total. The van der Waals surface area contributed by atoms with Crippen LogP contribution in [0, 0.1) is 0 Å². The summed E-state index contributed by atoms with van der Waals surface area (Å²) in [6.45, 7) is 3.83. The molecule has 0 radical (unpaired) electrons. The number of carbonyl (C=O) groups is 2. The van der Waals surface area contributed by atoms with Crippen molar-refractivity contribution in [1.29, 1.82) is 0 Å². The number of aliphatic hydroxyl groups excluding tert-OH is 1. The summed E-state index contributed by atoms with van der Waals surface area (Å²) in [5.41, 5.74) is 0.794. The lowest BCUT2D eigenvalue weighted by Crippen LogP contribution is -2.29. The molecule has 1 aliphatic rings. The van der Waals surface area contributed by atoms with E-state index in [0.717, 1.165) is 0 Å². The molecule has 1 unspecified atom stereocenters. The second-order valence-corrected chi connectivity index (χ2v) is 8.78. The van der Waals surface area contributed by atoms with Gasteiger partial charge >= 0.3 is 0 Å². The third-order valence-electron chi connectivity index (χ3n) is 5.85. The van der Waals surface area contributed by atoms with Gasteiger partial charge in [-0.15, -0.1) is 0 Å². The van der Waals surface area contributed by atoms with E-state index in [1.54, 1.807) is 60.7 Å². The Hall–Kier alpha value is -4.78. The highest BCUT2D eigenvalue weighted by atomic mass is 16.5. The van der Waals surface area contributed by atoms with E-state index in [-0.39, 0.29) is 17.4 Å². The van der Waals surface area contributed by atoms with Gasteiger partial charge in [0.15, 0.2) is 0 Å². The zero-order valence-electron chi connectivity index (χ0n) is 20.3. The number of carbonyl (C=O) groups excluding carboxylic acids is 2. The second kappa shape index (κ2) is 10.1. The molecule has 0 bridgehead atoms. The van der Waals surface area contributed by atoms with Crippen LogP contribution in [0.25, 0.3) is 5.76 Å². The molecule has 4 aromatic rings. The van der Waals surface area contributed by atoms with Crippen molar-refractivity contribution in [3.05, 3.63) is 114 Å². The van der Waals surface area contributed by atoms with Crippen LogP contribution in [0.1, 0.15) is 31.2 Å². The van der Waals surface area contributed by atoms with Gasteiger partial charge in [-0.3, -0.25) is 14.5 Å². The normalized spacial score (nSPS) is 16.8. The molecule has 1 fully saturated rings. The fourth-order valence-electron chi connectivity index (χ4n) is 4.23. The third kappa shape index (κ3) is 4.84. The lowest BCUT2D eigenvalue weighted by molar-refractivity contribution is -0.132. The Kier molecular flexibility index (Phi) is 6.51. The third-order valence-corrected chi connectivity index (χ3v) is 5.85. The minimum atomic E-state index is -0.942. The van der Waals surface area contributed by atoms with Gasteiger partial charge in [-0.05, 0) is 86.6 Å². The van der Waals surface area contributed by atoms with E-state index in [2.05, 4.69) is 0 Å². The molecule has 0 spiro atoms. The largest absolute Gasteiger partial charge is 0.507 e. The van der Waals surface area contributed by atoms with E-state index in [1.807, 2.05) is 44.2 Å². The van der Waals surface area contributed by atoms with Gasteiger partial charge in [0.05, 0.1) is 17.9 Å². The molecule has 1 amide bonds. The number of nitrogens with zero attached hydrogens (tertiary/aromatic N) is 1. The van der Waals surface area contributed by atoms with E-state index in [9.17, 15) is 14.7 Å². The maximum atomic E-state index is 13.2. The van der Waals surface area contributed by atoms with Crippen molar-refractivity contribution in [1.82, 2.24) is 0 Å². The molecule has 1 saturated heterocycles. The first-order chi connectivity index (χ1) is 17.9. The molecule has 1 aliphatic heterocycles. The first-order valence-electron chi connectivity index (χ1n) is 11.9. The fraction of sp³-hybridized carbons (Fsp3) is 0.133. The van der Waals surface area contributed by atoms with Gasteiger partial charge in [0.2, 0.25) is 0 Å². The Labute approximate surface area is 214 Å². The predicted octanol–water partition coefficient (Wildman–Crippen LogP) is 6.49. The number of Topliss-reactive ketones (excluding diaryl/α,β-unsaturated/α-hetero) is 1. The van der Waals surface area contributed by atoms with Crippen molar-refractivity contribution in [3.63, 3.8) is 0 Å². The van der Waals surface area contributed by atoms with Crippen molar-refractivity contribution in [3.8, 4) is 17.2 Å². The van der Waals surface area contributed by atoms with Crippen LogP contribution in [0.4, 0.5) is 5.69 Å². The van der Waals surface area contributed by atoms with Crippen LogP contribution in [0.3, 0.4) is 0 Å². The molecule has 2 heterocycles. The van der Waals surface area contributed by atoms with Crippen LogP contribution in [0.15, 0.2) is 107 Å². The van der Waals surface area contributed by atoms with E-state index in [1.165, 1.54) is 11.2 Å². The maximum absolute atomic E-state index is 13.2. The Bertz CT molecular complexity index is 1420. The summed E-state index contributed by atoms with van der Waals surface area (Å²) in [5.74, 6) is 0.381. The molecule has 186 valence electrons. The van der Waals surface area contributed by atoms with E-state index in [4.69, 9.17) is 13.9 Å². The summed E-state index contributed by atoms with van der Waals surface area (Å²) in [5, 5.41) is 11.2. The number of ketones is 1. The van der Waals surface area contributed by atoms with E-state index < -0.39 is 17.7 Å². The van der Waals surface area contributed by atoms with E-state index in [0.29, 0.717) is 34.3 Å². The molecular formula is C30H25NO6. The topological polar surface area (TPSA) is 89.2 Å². The number of para-hydroxylation sites is 1. The van der Waals surface area contributed by atoms with Crippen LogP contribution in [0.5, 0.6) is 17.2 Å². The summed E-state index contributed by atoms with van der Waals surface area (Å²) in [6.07, 6.45) is 1.46. The fourth-order valence-corrected chi connectivity index (χ4v) is 4.23. The molecule has 5 rings (SSSR count). The van der Waals surface area contributed by atoms with Crippen LogP contribution < -0.4 is 14.4 Å². The SMILES string of the molecule is CC(C)Oc1ccc(/C(O)=C2/C(=O)C(=O)N(c3ccc(Oc4ccccc4)cc3)C2c2ccco2)cc1. The minimum Gasteiger partial charge on any atom is -0.507 e. The molecule has 1 atom stereocenters. The zero-order chi connectivity index (χ0) is 25.9. The highest BCUT2D eigenvalue weighted by Crippen LogP contribution is 2.42. The number of furan rings is 1. The number of aliphatic hydroxyl groups is 1. The molecule has 3 aromatic carbocycles. The van der Waals surface area contributed by atoms with Crippen LogP contribution in [0.2, 0.25) is 0 Å². The number of hydrogen-bond donors (Lipinski definition) is 1. The van der Waals surface area contributed by atoms with Gasteiger partial charge in [-0.2, -0.15) is 0 Å². The van der Waals surface area contributed by atoms with Gasteiger partial charge in [0.1, 0.15) is 34.8 Å². The van der Waals surface area contributed by atoms with Crippen molar-refractivity contribution in [2.24, 2.45) is 0 Å². The van der Waals surface area contributed by atoms with Gasteiger partial charge < -0.3 is 19.0 Å². The number of rotatable bonds is 7. The first kappa shape index (κ1) is 23.9. The molecule has 7 heteroatoms. The molecule has 1 aromatic heterocycles. The first-order valence-corrected chi connectivity index (χ1v) is 11.9. The van der Waals surface area contributed by atoms with Crippen molar-refractivity contribution < 1.29 is 28.6 Å². The number of benzene rings is 3. The number of ether oxygens (including phenoxy) is 2. The van der Waals surface area contributed by atoms with Gasteiger partial charge in [-0.1, -0.05) is 18.2 Å². The Morgan fingerprint density at radius 3 is 2.11 bits per heavy atom. The number of amides is 1. The molecule has 0 saturated carbocycles. The molecule has 37 heavy (non-hydrogen) atoms. The van der Waals surface area contributed by atoms with E-state index >= 15 is 0 Å². The lowest BCUT2D eigenvalue weighted by Gasteiger charge is -2.23. The Morgan fingerprint density at radius 2 is 1.49 bits per heavy atom. The zero-order valence-corrected chi connectivity index (χ0v) is 20.3. The summed E-state index contributed by atoms with van der Waals surface area (Å²) in [4.78, 5) is 27.8. The van der Waals surface area contributed by atoms with Crippen molar-refractivity contribution >= 4 is 23.1 Å². The number of anilines is 1. The maximum Gasteiger partial charge on any atom is 0.300 e. The predicted molar refractivity (Wildman–Crippen MR) is 139 cm³/mol. The highest BCUT2D eigenvalue weighted by molar-refractivity contribution is 6.51. The molecular weight excluding hydrogens is 470 g/mol. The quantitative estimate of drug-likeness (QED) is 0.179. The number of hydrogen-bond acceptors (Lipinski definition) is 6. The Balaban J connectivity index is 1.51. The molecule has 0 aliphatic carbocycles. The standard InChI is InChI=1S/C30H25NO6/c1-19(2)36-23-14-10-20(11-15-23)28(32)26-27(25-9-6-18-35-25)31(30(34)29(26)33)21-12-16-24(17-13-21)37-22-7-4-3-5-8-22/h3-19,27,32H,1-2H3/b28-26-. The van der Waals surface area contributed by atoms with Gasteiger partial charge in [-0.25, -0.2) is 0 Å². The lowest BCUT2D eigenvalue weighted by atomic mass is 9.99. The summed E-state index contributed by atoms with van der Waals surface area (Å²) in [7, 11) is 0. The average Bonchev–Trinajstić information content (AvgIpc) is 3.52. The molecule has 1 N–H and O–H groups in total. The van der Waals surface area contributed by atoms with Crippen LogP contribution >= 0.6 is 0 Å². The smallest absolute Gasteiger partial charge is 0.300 e. The van der Waals surface area contributed by atoms with Crippen LogP contribution in [-0.2, 0) is 9.59 Å². The summed E-state index contributed by atoms with van der Waals surface area (Å²) in [6, 6.07) is 25.2.